The minimum absolute atomic E-state index is 0.201. The van der Waals surface area contributed by atoms with Gasteiger partial charge in [-0.3, -0.25) is 9.59 Å². The van der Waals surface area contributed by atoms with Crippen molar-refractivity contribution in [3.63, 3.8) is 0 Å². The number of aromatic nitrogens is 2. The molecule has 0 bridgehead atoms. The predicted octanol–water partition coefficient (Wildman–Crippen LogP) is 1.25. The summed E-state index contributed by atoms with van der Waals surface area (Å²) in [7, 11) is 0. The van der Waals surface area contributed by atoms with Crippen LogP contribution in [0.2, 0.25) is 0 Å². The molecule has 0 aliphatic rings. The van der Waals surface area contributed by atoms with Gasteiger partial charge in [0.05, 0.1) is 24.2 Å². The molecule has 1 amide bonds. The summed E-state index contributed by atoms with van der Waals surface area (Å²) in [6.45, 7) is -0.428. The van der Waals surface area contributed by atoms with E-state index in [1.165, 1.54) is 0 Å². The zero-order valence-corrected chi connectivity index (χ0v) is 12.9. The second-order valence-electron chi connectivity index (χ2n) is 5.41. The molecule has 2 aromatic carbocycles. The van der Waals surface area contributed by atoms with Crippen LogP contribution in [0, 0.1) is 0 Å². The third-order valence-corrected chi connectivity index (χ3v) is 3.77. The molecule has 1 heterocycles. The Hall–Kier alpha value is -2.99. The quantitative estimate of drug-likeness (QED) is 0.740. The molecule has 2 N–H and O–H groups in total. The maximum atomic E-state index is 12.4. The molecule has 1 aromatic heterocycles. The lowest BCUT2D eigenvalue weighted by molar-refractivity contribution is -0.123. The average Bonchev–Trinajstić information content (AvgIpc) is 2.63. The van der Waals surface area contributed by atoms with Crippen LogP contribution in [0.3, 0.4) is 0 Å². The van der Waals surface area contributed by atoms with Crippen LogP contribution in [-0.2, 0) is 11.3 Å². The molecule has 0 saturated carbocycles. The molecule has 3 aromatic rings. The SMILES string of the molecule is O=C(Cn1ncc2ccccc2c1=O)N[C@H](CO)c1ccccc1. The standard InChI is InChI=1S/C18H17N3O3/c22-12-16(13-6-2-1-3-7-13)20-17(23)11-21-18(24)15-9-5-4-8-14(15)10-19-21/h1-10,16,22H,11-12H2,(H,20,23)/t16-/m1/s1. The van der Waals surface area contributed by atoms with E-state index >= 15 is 0 Å². The Morgan fingerprint density at radius 2 is 1.83 bits per heavy atom. The molecule has 122 valence electrons. The molecule has 24 heavy (non-hydrogen) atoms. The van der Waals surface area contributed by atoms with Crippen LogP contribution in [0.4, 0.5) is 0 Å². The summed E-state index contributed by atoms with van der Waals surface area (Å²) in [5.41, 5.74) is 0.482. The maximum absolute atomic E-state index is 12.4. The zero-order chi connectivity index (χ0) is 16.9. The van der Waals surface area contributed by atoms with Crippen LogP contribution in [0.25, 0.3) is 10.8 Å². The Labute approximate surface area is 138 Å². The first-order valence-corrected chi connectivity index (χ1v) is 7.59. The lowest BCUT2D eigenvalue weighted by Crippen LogP contribution is -2.36. The molecule has 0 radical (unpaired) electrons. The van der Waals surface area contributed by atoms with Gasteiger partial charge in [0.15, 0.2) is 0 Å². The number of hydrogen-bond donors (Lipinski definition) is 2. The van der Waals surface area contributed by atoms with Gasteiger partial charge in [-0.2, -0.15) is 5.10 Å². The fourth-order valence-electron chi connectivity index (χ4n) is 2.54. The lowest BCUT2D eigenvalue weighted by atomic mass is 10.1. The Bertz CT molecular complexity index is 906. The first-order chi connectivity index (χ1) is 11.7. The summed E-state index contributed by atoms with van der Waals surface area (Å²) in [5, 5.41) is 17.5. The van der Waals surface area contributed by atoms with E-state index in [1.807, 2.05) is 36.4 Å². The van der Waals surface area contributed by atoms with Gasteiger partial charge in [0.1, 0.15) is 6.54 Å². The van der Waals surface area contributed by atoms with Gasteiger partial charge in [0.2, 0.25) is 5.91 Å². The topological polar surface area (TPSA) is 84.2 Å². The van der Waals surface area contributed by atoms with Crippen LogP contribution in [-0.4, -0.2) is 27.4 Å². The van der Waals surface area contributed by atoms with E-state index in [2.05, 4.69) is 10.4 Å². The van der Waals surface area contributed by atoms with Crippen molar-refractivity contribution in [2.24, 2.45) is 0 Å². The van der Waals surface area contributed by atoms with Gasteiger partial charge in [0.25, 0.3) is 5.56 Å². The number of hydrogen-bond acceptors (Lipinski definition) is 4. The van der Waals surface area contributed by atoms with Gasteiger partial charge in [0, 0.05) is 5.39 Å². The molecule has 3 rings (SSSR count). The highest BCUT2D eigenvalue weighted by molar-refractivity contribution is 5.81. The fourth-order valence-corrected chi connectivity index (χ4v) is 2.54. The molecule has 0 saturated heterocycles. The molecule has 0 spiro atoms. The lowest BCUT2D eigenvalue weighted by Gasteiger charge is -2.17. The monoisotopic (exact) mass is 323 g/mol. The first-order valence-electron chi connectivity index (χ1n) is 7.59. The molecule has 0 fully saturated rings. The van der Waals surface area contributed by atoms with Crippen LogP contribution >= 0.6 is 0 Å². The Morgan fingerprint density at radius 1 is 1.12 bits per heavy atom. The van der Waals surface area contributed by atoms with Crippen molar-refractivity contribution in [3.8, 4) is 0 Å². The van der Waals surface area contributed by atoms with Crippen LogP contribution in [0.15, 0.2) is 65.6 Å². The minimum Gasteiger partial charge on any atom is -0.394 e. The molecule has 6 heteroatoms. The summed E-state index contributed by atoms with van der Waals surface area (Å²) in [4.78, 5) is 24.6. The highest BCUT2D eigenvalue weighted by Gasteiger charge is 2.15. The van der Waals surface area contributed by atoms with Crippen LogP contribution in [0.5, 0.6) is 0 Å². The zero-order valence-electron chi connectivity index (χ0n) is 12.9. The van der Waals surface area contributed by atoms with Gasteiger partial charge >= 0.3 is 0 Å². The summed E-state index contributed by atoms with van der Waals surface area (Å²) in [6.07, 6.45) is 1.56. The number of aliphatic hydroxyl groups excluding tert-OH is 1. The smallest absolute Gasteiger partial charge is 0.275 e. The van der Waals surface area contributed by atoms with Gasteiger partial charge in [-0.1, -0.05) is 48.5 Å². The number of nitrogens with one attached hydrogen (secondary N) is 1. The van der Waals surface area contributed by atoms with Crippen molar-refractivity contribution in [2.45, 2.75) is 12.6 Å². The molecule has 0 unspecified atom stereocenters. The number of carbonyl (C=O) groups excluding carboxylic acids is 1. The average molecular weight is 323 g/mol. The summed E-state index contributed by atoms with van der Waals surface area (Å²) in [6, 6.07) is 15.7. The number of nitrogens with zero attached hydrogens (tertiary/aromatic N) is 2. The first kappa shape index (κ1) is 15.9. The highest BCUT2D eigenvalue weighted by atomic mass is 16.3. The van der Waals surface area contributed by atoms with E-state index in [0.717, 1.165) is 15.6 Å². The summed E-state index contributed by atoms with van der Waals surface area (Å²) >= 11 is 0. The largest absolute Gasteiger partial charge is 0.394 e. The highest BCUT2D eigenvalue weighted by Crippen LogP contribution is 2.11. The van der Waals surface area contributed by atoms with Gasteiger partial charge in [-0.25, -0.2) is 4.68 Å². The van der Waals surface area contributed by atoms with Crippen molar-refractivity contribution in [1.29, 1.82) is 0 Å². The number of amides is 1. The second kappa shape index (κ2) is 7.06. The minimum atomic E-state index is -0.519. The van der Waals surface area contributed by atoms with E-state index in [-0.39, 0.29) is 24.6 Å². The second-order valence-corrected chi connectivity index (χ2v) is 5.41. The molecule has 6 nitrogen and oxygen atoms in total. The third kappa shape index (κ3) is 3.33. The van der Waals surface area contributed by atoms with Gasteiger partial charge in [-0.15, -0.1) is 0 Å². The van der Waals surface area contributed by atoms with Gasteiger partial charge < -0.3 is 10.4 Å². The number of benzene rings is 2. The van der Waals surface area contributed by atoms with E-state index in [0.29, 0.717) is 5.39 Å². The summed E-state index contributed by atoms with van der Waals surface area (Å²) < 4.78 is 1.12. The molecule has 1 atom stereocenters. The Morgan fingerprint density at radius 3 is 2.58 bits per heavy atom. The van der Waals surface area contributed by atoms with Crippen molar-refractivity contribution >= 4 is 16.7 Å². The van der Waals surface area contributed by atoms with Crippen molar-refractivity contribution in [3.05, 3.63) is 76.7 Å². The van der Waals surface area contributed by atoms with E-state index < -0.39 is 6.04 Å². The molecular formula is C18H17N3O3. The third-order valence-electron chi connectivity index (χ3n) is 3.77. The molecular weight excluding hydrogens is 306 g/mol. The van der Waals surface area contributed by atoms with Crippen molar-refractivity contribution in [2.75, 3.05) is 6.61 Å². The van der Waals surface area contributed by atoms with Crippen LogP contribution < -0.4 is 10.9 Å². The normalized spacial score (nSPS) is 12.0. The number of rotatable bonds is 5. The van der Waals surface area contributed by atoms with E-state index in [4.69, 9.17) is 0 Å². The van der Waals surface area contributed by atoms with Crippen molar-refractivity contribution < 1.29 is 9.90 Å². The van der Waals surface area contributed by atoms with E-state index in [9.17, 15) is 14.7 Å². The fraction of sp³-hybridized carbons (Fsp3) is 0.167. The number of aliphatic hydroxyl groups is 1. The molecule has 0 aliphatic carbocycles. The number of fused-ring (bicyclic) bond motifs is 1. The Balaban J connectivity index is 1.77. The van der Waals surface area contributed by atoms with Crippen LogP contribution in [0.1, 0.15) is 11.6 Å². The number of carbonyl (C=O) groups is 1. The summed E-state index contributed by atoms with van der Waals surface area (Å²) in [5.74, 6) is -0.386. The maximum Gasteiger partial charge on any atom is 0.275 e. The van der Waals surface area contributed by atoms with Gasteiger partial charge in [-0.05, 0) is 11.6 Å². The van der Waals surface area contributed by atoms with E-state index in [1.54, 1.807) is 24.4 Å². The Kier molecular flexibility index (Phi) is 4.67. The van der Waals surface area contributed by atoms with Crippen molar-refractivity contribution in [1.82, 2.24) is 15.1 Å². The molecule has 0 aliphatic heterocycles. The predicted molar refractivity (Wildman–Crippen MR) is 90.4 cm³/mol.